The summed E-state index contributed by atoms with van der Waals surface area (Å²) in [6.45, 7) is 4.77. The summed E-state index contributed by atoms with van der Waals surface area (Å²) in [4.78, 5) is 12.7. The highest BCUT2D eigenvalue weighted by Gasteiger charge is 2.19. The molecular formula is C22H23N5O. The maximum absolute atomic E-state index is 5.51. The third-order valence-electron chi connectivity index (χ3n) is 5.39. The molecule has 0 unspecified atom stereocenters. The fourth-order valence-electron chi connectivity index (χ4n) is 3.87. The van der Waals surface area contributed by atoms with Crippen molar-refractivity contribution in [1.82, 2.24) is 20.0 Å². The van der Waals surface area contributed by atoms with Crippen LogP contribution in [0.3, 0.4) is 0 Å². The molecule has 5 rings (SSSR count). The molecule has 0 aliphatic carbocycles. The van der Waals surface area contributed by atoms with Crippen molar-refractivity contribution in [2.24, 2.45) is 0 Å². The number of aromatic amines is 1. The van der Waals surface area contributed by atoms with Gasteiger partial charge in [0.1, 0.15) is 0 Å². The van der Waals surface area contributed by atoms with Gasteiger partial charge in [0.15, 0.2) is 5.82 Å². The average molecular weight is 373 g/mol. The van der Waals surface area contributed by atoms with E-state index in [1.807, 2.05) is 18.3 Å². The molecule has 0 radical (unpaired) electrons. The lowest BCUT2D eigenvalue weighted by Crippen LogP contribution is -2.46. The van der Waals surface area contributed by atoms with Crippen molar-refractivity contribution in [2.75, 3.05) is 31.1 Å². The van der Waals surface area contributed by atoms with Gasteiger partial charge in [-0.05, 0) is 23.8 Å². The second-order valence-electron chi connectivity index (χ2n) is 7.24. The molecule has 28 heavy (non-hydrogen) atoms. The number of hydrogen-bond donors (Lipinski definition) is 1. The van der Waals surface area contributed by atoms with E-state index in [2.05, 4.69) is 67.4 Å². The first-order chi connectivity index (χ1) is 13.8. The normalized spacial score (nSPS) is 15.4. The molecular weight excluding hydrogens is 350 g/mol. The monoisotopic (exact) mass is 373 g/mol. The van der Waals surface area contributed by atoms with E-state index >= 15 is 0 Å². The largest absolute Gasteiger partial charge is 0.369 e. The SMILES string of the molecule is c1ccc(N2CCN(Cc3noc(Cc4c[nH]c5ccccc45)n3)CC2)cc1. The third kappa shape index (κ3) is 3.51. The summed E-state index contributed by atoms with van der Waals surface area (Å²) in [6, 6.07) is 18.9. The number of para-hydroxylation sites is 2. The Hall–Kier alpha value is -3.12. The van der Waals surface area contributed by atoms with Crippen LogP contribution < -0.4 is 4.90 Å². The lowest BCUT2D eigenvalue weighted by atomic mass is 10.1. The van der Waals surface area contributed by atoms with Gasteiger partial charge in [0.2, 0.25) is 5.89 Å². The molecule has 1 aliphatic rings. The Bertz CT molecular complexity index is 1050. The van der Waals surface area contributed by atoms with Gasteiger partial charge in [0.05, 0.1) is 13.0 Å². The van der Waals surface area contributed by atoms with E-state index in [1.54, 1.807) is 0 Å². The van der Waals surface area contributed by atoms with Crippen molar-refractivity contribution in [3.63, 3.8) is 0 Å². The van der Waals surface area contributed by atoms with E-state index < -0.39 is 0 Å². The highest BCUT2D eigenvalue weighted by Crippen LogP contribution is 2.21. The lowest BCUT2D eigenvalue weighted by molar-refractivity contribution is 0.240. The maximum Gasteiger partial charge on any atom is 0.231 e. The first-order valence-corrected chi connectivity index (χ1v) is 9.74. The number of benzene rings is 2. The smallest absolute Gasteiger partial charge is 0.231 e. The second-order valence-corrected chi connectivity index (χ2v) is 7.24. The van der Waals surface area contributed by atoms with Crippen LogP contribution >= 0.6 is 0 Å². The molecule has 6 heteroatoms. The van der Waals surface area contributed by atoms with Crippen LogP contribution in [0.15, 0.2) is 65.3 Å². The minimum Gasteiger partial charge on any atom is -0.369 e. The van der Waals surface area contributed by atoms with Gasteiger partial charge in [0, 0.05) is 49.0 Å². The summed E-state index contributed by atoms with van der Waals surface area (Å²) in [5.74, 6) is 1.44. The highest BCUT2D eigenvalue weighted by atomic mass is 16.5. The van der Waals surface area contributed by atoms with Gasteiger partial charge >= 0.3 is 0 Å². The zero-order chi connectivity index (χ0) is 18.8. The van der Waals surface area contributed by atoms with Crippen LogP contribution in [0.5, 0.6) is 0 Å². The Labute approximate surface area is 163 Å². The minimum atomic E-state index is 0.652. The number of hydrogen-bond acceptors (Lipinski definition) is 5. The number of aromatic nitrogens is 3. The van der Waals surface area contributed by atoms with E-state index in [-0.39, 0.29) is 0 Å². The van der Waals surface area contributed by atoms with Crippen LogP contribution in [0.4, 0.5) is 5.69 Å². The third-order valence-corrected chi connectivity index (χ3v) is 5.39. The Morgan fingerprint density at radius 3 is 2.57 bits per heavy atom. The van der Waals surface area contributed by atoms with Crippen molar-refractivity contribution in [3.05, 3.63) is 78.1 Å². The van der Waals surface area contributed by atoms with Gasteiger partial charge in [-0.2, -0.15) is 4.98 Å². The molecule has 1 N–H and O–H groups in total. The van der Waals surface area contributed by atoms with Crippen LogP contribution in [-0.2, 0) is 13.0 Å². The number of nitrogens with zero attached hydrogens (tertiary/aromatic N) is 4. The second kappa shape index (κ2) is 7.48. The predicted octanol–water partition coefficient (Wildman–Crippen LogP) is 3.46. The van der Waals surface area contributed by atoms with E-state index in [0.29, 0.717) is 12.3 Å². The fourth-order valence-corrected chi connectivity index (χ4v) is 3.87. The fraction of sp³-hybridized carbons (Fsp3) is 0.273. The Morgan fingerprint density at radius 2 is 1.71 bits per heavy atom. The van der Waals surface area contributed by atoms with Crippen molar-refractivity contribution in [2.45, 2.75) is 13.0 Å². The molecule has 1 saturated heterocycles. The Kier molecular flexibility index (Phi) is 4.54. The summed E-state index contributed by atoms with van der Waals surface area (Å²) in [6.07, 6.45) is 2.68. The molecule has 6 nitrogen and oxygen atoms in total. The van der Waals surface area contributed by atoms with Gasteiger partial charge in [-0.3, -0.25) is 4.90 Å². The van der Waals surface area contributed by atoms with Gasteiger partial charge in [-0.15, -0.1) is 0 Å². The first-order valence-electron chi connectivity index (χ1n) is 9.74. The first kappa shape index (κ1) is 17.0. The molecule has 0 saturated carbocycles. The molecule has 142 valence electrons. The number of H-pyrrole nitrogens is 1. The average Bonchev–Trinajstić information content (AvgIpc) is 3.37. The van der Waals surface area contributed by atoms with E-state index in [1.165, 1.54) is 16.6 Å². The molecule has 1 aliphatic heterocycles. The van der Waals surface area contributed by atoms with Crippen LogP contribution in [0.25, 0.3) is 10.9 Å². The number of fused-ring (bicyclic) bond motifs is 1. The molecule has 1 fully saturated rings. The summed E-state index contributed by atoms with van der Waals surface area (Å²) in [7, 11) is 0. The molecule has 0 spiro atoms. The van der Waals surface area contributed by atoms with Gasteiger partial charge in [0.25, 0.3) is 0 Å². The summed E-state index contributed by atoms with van der Waals surface area (Å²) in [5, 5.41) is 5.40. The number of nitrogens with one attached hydrogen (secondary N) is 1. The zero-order valence-corrected chi connectivity index (χ0v) is 15.7. The van der Waals surface area contributed by atoms with Crippen molar-refractivity contribution in [1.29, 1.82) is 0 Å². The Morgan fingerprint density at radius 1 is 0.929 bits per heavy atom. The topological polar surface area (TPSA) is 61.2 Å². The number of anilines is 1. The number of rotatable bonds is 5. The molecule has 0 bridgehead atoms. The van der Waals surface area contributed by atoms with Crippen molar-refractivity contribution in [3.8, 4) is 0 Å². The summed E-state index contributed by atoms with van der Waals surface area (Å²) < 4.78 is 5.51. The molecule has 0 atom stereocenters. The minimum absolute atomic E-state index is 0.652. The molecule has 3 heterocycles. The Balaban J connectivity index is 1.19. The molecule has 0 amide bonds. The van der Waals surface area contributed by atoms with E-state index in [9.17, 15) is 0 Å². The summed E-state index contributed by atoms with van der Waals surface area (Å²) >= 11 is 0. The van der Waals surface area contributed by atoms with E-state index in [0.717, 1.165) is 44.1 Å². The predicted molar refractivity (Wildman–Crippen MR) is 109 cm³/mol. The molecule has 2 aromatic carbocycles. The lowest BCUT2D eigenvalue weighted by Gasteiger charge is -2.35. The van der Waals surface area contributed by atoms with Gasteiger partial charge in [-0.25, -0.2) is 0 Å². The number of piperazine rings is 1. The van der Waals surface area contributed by atoms with Gasteiger partial charge < -0.3 is 14.4 Å². The van der Waals surface area contributed by atoms with Crippen LogP contribution in [-0.4, -0.2) is 46.2 Å². The maximum atomic E-state index is 5.51. The van der Waals surface area contributed by atoms with Crippen LogP contribution in [0.2, 0.25) is 0 Å². The quantitative estimate of drug-likeness (QED) is 0.580. The van der Waals surface area contributed by atoms with Crippen molar-refractivity contribution < 1.29 is 4.52 Å². The summed E-state index contributed by atoms with van der Waals surface area (Å²) in [5.41, 5.74) is 3.61. The standard InChI is InChI=1S/C22H23N5O/c1-2-6-18(7-3-1)27-12-10-26(11-13-27)16-21-24-22(28-25-21)14-17-15-23-20-9-5-4-8-19(17)20/h1-9,15,23H,10-14,16H2. The van der Waals surface area contributed by atoms with E-state index in [4.69, 9.17) is 4.52 Å². The molecule has 4 aromatic rings. The van der Waals surface area contributed by atoms with Crippen molar-refractivity contribution >= 4 is 16.6 Å². The zero-order valence-electron chi connectivity index (χ0n) is 15.7. The molecule has 2 aromatic heterocycles. The van der Waals surface area contributed by atoms with Gasteiger partial charge in [-0.1, -0.05) is 41.6 Å². The highest BCUT2D eigenvalue weighted by molar-refractivity contribution is 5.83. The van der Waals surface area contributed by atoms with Crippen LogP contribution in [0.1, 0.15) is 17.3 Å². The van der Waals surface area contributed by atoms with Crippen LogP contribution in [0, 0.1) is 0 Å².